The second kappa shape index (κ2) is 8.61. The number of carbonyl (C=O) groups is 1. The third kappa shape index (κ3) is 4.69. The van der Waals surface area contributed by atoms with Crippen LogP contribution in [0, 0.1) is 5.41 Å². The molecule has 2 heterocycles. The molecule has 0 radical (unpaired) electrons. The van der Waals surface area contributed by atoms with Crippen LogP contribution < -0.4 is 10.1 Å². The van der Waals surface area contributed by atoms with Crippen LogP contribution in [0.1, 0.15) is 25.7 Å². The number of carbonyl (C=O) groups excluding carboxylic acids is 1. The Labute approximate surface area is 159 Å². The maximum Gasteiger partial charge on any atom is 0.225 e. The molecule has 134 valence electrons. The number of rotatable bonds is 4. The molecule has 2 aliphatic heterocycles. The Bertz CT molecular complexity index is 567. The molecule has 24 heavy (non-hydrogen) atoms. The molecule has 1 amide bonds. The lowest BCUT2D eigenvalue weighted by molar-refractivity contribution is -0.133. The molecule has 2 aliphatic rings. The topological polar surface area (TPSA) is 41.6 Å². The normalized spacial score (nSPS) is 19.2. The van der Waals surface area contributed by atoms with E-state index in [0.29, 0.717) is 34.2 Å². The Morgan fingerprint density at radius 1 is 1.21 bits per heavy atom. The quantitative estimate of drug-likeness (QED) is 0.846. The van der Waals surface area contributed by atoms with Gasteiger partial charge >= 0.3 is 0 Å². The van der Waals surface area contributed by atoms with Gasteiger partial charge in [0.2, 0.25) is 5.91 Å². The van der Waals surface area contributed by atoms with Crippen LogP contribution in [0.25, 0.3) is 0 Å². The number of halogens is 3. The van der Waals surface area contributed by atoms with Crippen molar-refractivity contribution in [2.45, 2.75) is 25.7 Å². The predicted molar refractivity (Wildman–Crippen MR) is 99.6 cm³/mol. The van der Waals surface area contributed by atoms with E-state index in [2.05, 4.69) is 5.32 Å². The molecule has 0 atom stereocenters. The van der Waals surface area contributed by atoms with Crippen LogP contribution in [0.15, 0.2) is 18.2 Å². The zero-order chi connectivity index (χ0) is 16.3. The van der Waals surface area contributed by atoms with Crippen molar-refractivity contribution >= 4 is 41.5 Å². The number of nitrogens with one attached hydrogen (secondary N) is 1. The zero-order valence-electron chi connectivity index (χ0n) is 13.5. The third-order valence-corrected chi connectivity index (χ3v) is 5.72. The first kappa shape index (κ1) is 19.6. The van der Waals surface area contributed by atoms with E-state index < -0.39 is 0 Å². The highest BCUT2D eigenvalue weighted by Crippen LogP contribution is 2.37. The Balaban J connectivity index is 0.00000208. The SMILES string of the molecule is Cl.O=C(CCOc1ccc(Cl)c(Cl)c1)N1CCC2(CCNC2)CC1. The van der Waals surface area contributed by atoms with Gasteiger partial charge < -0.3 is 15.0 Å². The third-order valence-electron chi connectivity index (χ3n) is 4.98. The van der Waals surface area contributed by atoms with Crippen molar-refractivity contribution in [2.75, 3.05) is 32.8 Å². The van der Waals surface area contributed by atoms with E-state index in [9.17, 15) is 4.79 Å². The fourth-order valence-electron chi connectivity index (χ4n) is 3.43. The summed E-state index contributed by atoms with van der Waals surface area (Å²) in [5, 5.41) is 4.40. The second-order valence-electron chi connectivity index (χ2n) is 6.48. The Hall–Kier alpha value is -0.680. The van der Waals surface area contributed by atoms with Gasteiger partial charge in [0, 0.05) is 25.7 Å². The number of nitrogens with zero attached hydrogens (tertiary/aromatic N) is 1. The summed E-state index contributed by atoms with van der Waals surface area (Å²) in [7, 11) is 0. The van der Waals surface area contributed by atoms with Crippen LogP contribution in [0.5, 0.6) is 5.75 Å². The largest absolute Gasteiger partial charge is 0.493 e. The van der Waals surface area contributed by atoms with Crippen LogP contribution in [0.2, 0.25) is 10.0 Å². The van der Waals surface area contributed by atoms with Gasteiger partial charge in [-0.3, -0.25) is 4.79 Å². The molecular formula is C17H23Cl3N2O2. The van der Waals surface area contributed by atoms with Gasteiger partial charge in [-0.05, 0) is 43.4 Å². The van der Waals surface area contributed by atoms with E-state index in [4.69, 9.17) is 27.9 Å². The van der Waals surface area contributed by atoms with E-state index in [1.807, 2.05) is 4.90 Å². The van der Waals surface area contributed by atoms with Crippen LogP contribution in [0.4, 0.5) is 0 Å². The summed E-state index contributed by atoms with van der Waals surface area (Å²) in [6.45, 7) is 4.32. The first-order valence-corrected chi connectivity index (χ1v) is 8.90. The van der Waals surface area contributed by atoms with Gasteiger partial charge in [0.25, 0.3) is 0 Å². The highest BCUT2D eigenvalue weighted by molar-refractivity contribution is 6.42. The van der Waals surface area contributed by atoms with Crippen LogP contribution in [0.3, 0.4) is 0 Å². The molecule has 3 rings (SSSR count). The van der Waals surface area contributed by atoms with Gasteiger partial charge in [-0.2, -0.15) is 0 Å². The van der Waals surface area contributed by atoms with Crippen LogP contribution in [-0.4, -0.2) is 43.6 Å². The van der Waals surface area contributed by atoms with Gasteiger partial charge in [0.1, 0.15) is 5.75 Å². The molecule has 0 saturated carbocycles. The number of hydrogen-bond acceptors (Lipinski definition) is 3. The molecule has 2 saturated heterocycles. The van der Waals surface area contributed by atoms with Gasteiger partial charge in [-0.15, -0.1) is 12.4 Å². The first-order chi connectivity index (χ1) is 11.1. The lowest BCUT2D eigenvalue weighted by atomic mass is 9.78. The van der Waals surface area contributed by atoms with E-state index in [1.54, 1.807) is 18.2 Å². The molecule has 1 spiro atoms. The average molecular weight is 394 g/mol. The first-order valence-electron chi connectivity index (χ1n) is 8.14. The van der Waals surface area contributed by atoms with Gasteiger partial charge in [0.15, 0.2) is 0 Å². The van der Waals surface area contributed by atoms with Crippen molar-refractivity contribution in [1.82, 2.24) is 10.2 Å². The van der Waals surface area contributed by atoms with Crippen molar-refractivity contribution < 1.29 is 9.53 Å². The molecular weight excluding hydrogens is 371 g/mol. The molecule has 0 aliphatic carbocycles. The number of hydrogen-bond donors (Lipinski definition) is 1. The summed E-state index contributed by atoms with van der Waals surface area (Å²) in [4.78, 5) is 14.3. The van der Waals surface area contributed by atoms with Crippen molar-refractivity contribution in [2.24, 2.45) is 5.41 Å². The number of amides is 1. The maximum absolute atomic E-state index is 12.3. The summed E-state index contributed by atoms with van der Waals surface area (Å²) >= 11 is 11.8. The molecule has 1 aromatic carbocycles. The summed E-state index contributed by atoms with van der Waals surface area (Å²) < 4.78 is 5.60. The summed E-state index contributed by atoms with van der Waals surface area (Å²) in [5.74, 6) is 0.813. The van der Waals surface area contributed by atoms with Crippen molar-refractivity contribution in [3.05, 3.63) is 28.2 Å². The standard InChI is InChI=1S/C17H22Cl2N2O2.ClH/c18-14-2-1-13(11-15(14)19)23-10-3-16(22)21-8-5-17(6-9-21)4-7-20-12-17;/h1-2,11,20H,3-10,12H2;1H. The molecule has 7 heteroatoms. The molecule has 0 unspecified atom stereocenters. The fraction of sp³-hybridized carbons (Fsp3) is 0.588. The number of piperidine rings is 1. The molecule has 0 aromatic heterocycles. The molecule has 0 bridgehead atoms. The lowest BCUT2D eigenvalue weighted by Gasteiger charge is -2.38. The summed E-state index contributed by atoms with van der Waals surface area (Å²) in [6, 6.07) is 5.13. The van der Waals surface area contributed by atoms with Crippen molar-refractivity contribution in [1.29, 1.82) is 0 Å². The Morgan fingerprint density at radius 3 is 2.58 bits per heavy atom. The minimum absolute atomic E-state index is 0. The van der Waals surface area contributed by atoms with E-state index in [-0.39, 0.29) is 18.3 Å². The highest BCUT2D eigenvalue weighted by atomic mass is 35.5. The molecule has 1 N–H and O–H groups in total. The minimum atomic E-state index is 0. The second-order valence-corrected chi connectivity index (χ2v) is 7.30. The van der Waals surface area contributed by atoms with Gasteiger partial charge in [-0.1, -0.05) is 23.2 Å². The zero-order valence-corrected chi connectivity index (χ0v) is 15.9. The minimum Gasteiger partial charge on any atom is -0.493 e. The van der Waals surface area contributed by atoms with E-state index in [0.717, 1.165) is 39.0 Å². The predicted octanol–water partition coefficient (Wildman–Crippen LogP) is 3.79. The summed E-state index contributed by atoms with van der Waals surface area (Å²) in [5.41, 5.74) is 0.438. The molecule has 4 nitrogen and oxygen atoms in total. The number of ether oxygens (including phenoxy) is 1. The maximum atomic E-state index is 12.3. The van der Waals surface area contributed by atoms with Crippen LogP contribution >= 0.6 is 35.6 Å². The average Bonchev–Trinajstić information content (AvgIpc) is 2.99. The molecule has 1 aromatic rings. The Kier molecular flexibility index (Phi) is 7.05. The smallest absolute Gasteiger partial charge is 0.225 e. The van der Waals surface area contributed by atoms with E-state index in [1.165, 1.54) is 6.42 Å². The lowest BCUT2D eigenvalue weighted by Crippen LogP contribution is -2.44. The van der Waals surface area contributed by atoms with Crippen molar-refractivity contribution in [3.63, 3.8) is 0 Å². The van der Waals surface area contributed by atoms with Gasteiger partial charge in [0.05, 0.1) is 23.1 Å². The van der Waals surface area contributed by atoms with Crippen LogP contribution in [-0.2, 0) is 4.79 Å². The van der Waals surface area contributed by atoms with Crippen molar-refractivity contribution in [3.8, 4) is 5.75 Å². The monoisotopic (exact) mass is 392 g/mol. The molecule has 2 fully saturated rings. The van der Waals surface area contributed by atoms with E-state index >= 15 is 0 Å². The Morgan fingerprint density at radius 2 is 1.96 bits per heavy atom. The van der Waals surface area contributed by atoms with Gasteiger partial charge in [-0.25, -0.2) is 0 Å². The summed E-state index contributed by atoms with van der Waals surface area (Å²) in [6.07, 6.45) is 3.86. The highest BCUT2D eigenvalue weighted by Gasteiger charge is 2.37. The number of likely N-dealkylation sites (tertiary alicyclic amines) is 1. The fourth-order valence-corrected chi connectivity index (χ4v) is 3.72. The number of benzene rings is 1.